The van der Waals surface area contributed by atoms with Gasteiger partial charge in [-0.1, -0.05) is 29.8 Å². The summed E-state index contributed by atoms with van der Waals surface area (Å²) in [5.74, 6) is -0.733. The van der Waals surface area contributed by atoms with Gasteiger partial charge in [0, 0.05) is 21.0 Å². The number of benzene rings is 2. The van der Waals surface area contributed by atoms with E-state index < -0.39 is 5.82 Å². The van der Waals surface area contributed by atoms with Crippen molar-refractivity contribution in [3.8, 4) is 11.3 Å². The number of nitrogens with one attached hydrogen (secondary N) is 1. The molecule has 0 aliphatic carbocycles. The van der Waals surface area contributed by atoms with Crippen LogP contribution in [0.1, 0.15) is 25.8 Å². The predicted molar refractivity (Wildman–Crippen MR) is 99.6 cm³/mol. The van der Waals surface area contributed by atoms with Crippen molar-refractivity contribution in [2.24, 2.45) is 0 Å². The molecule has 3 rings (SSSR count). The van der Waals surface area contributed by atoms with Crippen molar-refractivity contribution in [2.75, 3.05) is 0 Å². The number of amides is 1. The Bertz CT molecular complexity index is 922. The van der Waals surface area contributed by atoms with Crippen molar-refractivity contribution >= 4 is 28.8 Å². The molecule has 1 heterocycles. The lowest BCUT2D eigenvalue weighted by Crippen LogP contribution is -2.23. The maximum Gasteiger partial charge on any atom is 0.252 e. The van der Waals surface area contributed by atoms with Gasteiger partial charge in [0.25, 0.3) is 5.91 Å². The van der Waals surface area contributed by atoms with Crippen LogP contribution < -0.4 is 5.32 Å². The zero-order chi connectivity index (χ0) is 18.0. The minimum absolute atomic E-state index is 0.299. The van der Waals surface area contributed by atoms with Crippen molar-refractivity contribution in [1.29, 1.82) is 0 Å². The molecule has 0 bridgehead atoms. The van der Waals surface area contributed by atoms with E-state index in [1.54, 1.807) is 13.0 Å². The molecule has 0 spiro atoms. The summed E-state index contributed by atoms with van der Waals surface area (Å²) in [5, 5.41) is 4.28. The summed E-state index contributed by atoms with van der Waals surface area (Å²) in [6.45, 7) is 4.07. The second kappa shape index (κ2) is 7.33. The molecule has 0 fully saturated rings. The SMILES string of the molecule is Cc1ccc(F)cc1C(=O)NCc1nc(-c2ccc(Cl)cc2)c(C)s1. The summed E-state index contributed by atoms with van der Waals surface area (Å²) in [7, 11) is 0. The number of aromatic nitrogens is 1. The van der Waals surface area contributed by atoms with Crippen molar-refractivity contribution in [2.45, 2.75) is 20.4 Å². The van der Waals surface area contributed by atoms with Gasteiger partial charge in [-0.3, -0.25) is 4.79 Å². The van der Waals surface area contributed by atoms with Crippen LogP contribution in [-0.2, 0) is 6.54 Å². The third-order valence-corrected chi connectivity index (χ3v) is 5.03. The number of nitrogens with zero attached hydrogens (tertiary/aromatic N) is 1. The van der Waals surface area contributed by atoms with Gasteiger partial charge < -0.3 is 5.32 Å². The molecule has 128 valence electrons. The zero-order valence-electron chi connectivity index (χ0n) is 13.8. The Hall–Kier alpha value is -2.24. The molecule has 0 aliphatic heterocycles. The highest BCUT2D eigenvalue weighted by molar-refractivity contribution is 7.12. The predicted octanol–water partition coefficient (Wildman–Crippen LogP) is 5.15. The fourth-order valence-electron chi connectivity index (χ4n) is 2.49. The first-order valence-electron chi connectivity index (χ1n) is 7.70. The topological polar surface area (TPSA) is 42.0 Å². The normalized spacial score (nSPS) is 10.7. The second-order valence-electron chi connectivity index (χ2n) is 5.66. The minimum Gasteiger partial charge on any atom is -0.346 e. The summed E-state index contributed by atoms with van der Waals surface area (Å²) in [6.07, 6.45) is 0. The minimum atomic E-state index is -0.425. The summed E-state index contributed by atoms with van der Waals surface area (Å²) in [6, 6.07) is 11.7. The van der Waals surface area contributed by atoms with Gasteiger partial charge in [0.1, 0.15) is 10.8 Å². The highest BCUT2D eigenvalue weighted by Crippen LogP contribution is 2.28. The highest BCUT2D eigenvalue weighted by Gasteiger charge is 2.13. The molecule has 0 saturated heterocycles. The van der Waals surface area contributed by atoms with Crippen molar-refractivity contribution in [3.05, 3.63) is 74.3 Å². The molecule has 3 nitrogen and oxygen atoms in total. The van der Waals surface area contributed by atoms with E-state index in [-0.39, 0.29) is 5.91 Å². The van der Waals surface area contributed by atoms with E-state index in [4.69, 9.17) is 11.6 Å². The third-order valence-electron chi connectivity index (χ3n) is 3.80. The molecule has 0 aliphatic rings. The van der Waals surface area contributed by atoms with Crippen molar-refractivity contribution in [3.63, 3.8) is 0 Å². The van der Waals surface area contributed by atoms with E-state index in [0.717, 1.165) is 26.7 Å². The van der Waals surface area contributed by atoms with Crippen molar-refractivity contribution < 1.29 is 9.18 Å². The first kappa shape index (κ1) is 17.6. The standard InChI is InChI=1S/C19H16ClFN2OS/c1-11-3-8-15(21)9-16(11)19(24)22-10-17-23-18(12(2)25-17)13-4-6-14(20)7-5-13/h3-9H,10H2,1-2H3,(H,22,24). The van der Waals surface area contributed by atoms with E-state index in [1.165, 1.54) is 23.5 Å². The number of aryl methyl sites for hydroxylation is 2. The molecule has 6 heteroatoms. The molecular weight excluding hydrogens is 359 g/mol. The molecule has 1 amide bonds. The number of carbonyl (C=O) groups excluding carboxylic acids is 1. The van der Waals surface area contributed by atoms with Crippen LogP contribution in [0.3, 0.4) is 0 Å². The number of thiazole rings is 1. The number of hydrogen-bond donors (Lipinski definition) is 1. The number of hydrogen-bond acceptors (Lipinski definition) is 3. The lowest BCUT2D eigenvalue weighted by atomic mass is 10.1. The largest absolute Gasteiger partial charge is 0.346 e. The van der Waals surface area contributed by atoms with Gasteiger partial charge in [0.05, 0.1) is 12.2 Å². The van der Waals surface area contributed by atoms with Crippen LogP contribution in [0.2, 0.25) is 5.02 Å². The number of halogens is 2. The van der Waals surface area contributed by atoms with Crippen LogP contribution in [0.15, 0.2) is 42.5 Å². The molecule has 3 aromatic rings. The van der Waals surface area contributed by atoms with E-state index in [9.17, 15) is 9.18 Å². The van der Waals surface area contributed by atoms with Crippen LogP contribution >= 0.6 is 22.9 Å². The molecule has 1 aromatic heterocycles. The molecule has 25 heavy (non-hydrogen) atoms. The maximum atomic E-state index is 13.3. The third kappa shape index (κ3) is 4.06. The van der Waals surface area contributed by atoms with Crippen LogP contribution in [-0.4, -0.2) is 10.9 Å². The van der Waals surface area contributed by atoms with Gasteiger partial charge in [-0.15, -0.1) is 11.3 Å². The Morgan fingerprint density at radius 3 is 2.64 bits per heavy atom. The van der Waals surface area contributed by atoms with Gasteiger partial charge in [0.2, 0.25) is 0 Å². The molecule has 1 N–H and O–H groups in total. The smallest absolute Gasteiger partial charge is 0.252 e. The van der Waals surface area contributed by atoms with Crippen LogP contribution in [0.25, 0.3) is 11.3 Å². The van der Waals surface area contributed by atoms with Crippen LogP contribution in [0.5, 0.6) is 0 Å². The summed E-state index contributed by atoms with van der Waals surface area (Å²) < 4.78 is 13.3. The van der Waals surface area contributed by atoms with E-state index in [0.29, 0.717) is 17.1 Å². The fraction of sp³-hybridized carbons (Fsp3) is 0.158. The maximum absolute atomic E-state index is 13.3. The van der Waals surface area contributed by atoms with Gasteiger partial charge in [-0.05, 0) is 43.7 Å². The average Bonchev–Trinajstić information content (AvgIpc) is 2.96. The molecule has 0 unspecified atom stereocenters. The monoisotopic (exact) mass is 374 g/mol. The number of rotatable bonds is 4. The van der Waals surface area contributed by atoms with E-state index in [2.05, 4.69) is 10.3 Å². The molecule has 0 saturated carbocycles. The zero-order valence-corrected chi connectivity index (χ0v) is 15.3. The van der Waals surface area contributed by atoms with Gasteiger partial charge in [0.15, 0.2) is 0 Å². The van der Waals surface area contributed by atoms with Gasteiger partial charge >= 0.3 is 0 Å². The van der Waals surface area contributed by atoms with E-state index in [1.807, 2.05) is 31.2 Å². The lowest BCUT2D eigenvalue weighted by molar-refractivity contribution is 0.0950. The Kier molecular flexibility index (Phi) is 5.16. The summed E-state index contributed by atoms with van der Waals surface area (Å²) >= 11 is 7.44. The summed E-state index contributed by atoms with van der Waals surface area (Å²) in [4.78, 5) is 17.9. The highest BCUT2D eigenvalue weighted by atomic mass is 35.5. The first-order valence-corrected chi connectivity index (χ1v) is 8.90. The molecular formula is C19H16ClFN2OS. The Morgan fingerprint density at radius 2 is 1.92 bits per heavy atom. The van der Waals surface area contributed by atoms with Crippen LogP contribution in [0, 0.1) is 19.7 Å². The molecule has 0 radical (unpaired) electrons. The Morgan fingerprint density at radius 1 is 1.20 bits per heavy atom. The molecule has 0 atom stereocenters. The van der Waals surface area contributed by atoms with Crippen molar-refractivity contribution in [1.82, 2.24) is 10.3 Å². The van der Waals surface area contributed by atoms with Crippen LogP contribution in [0.4, 0.5) is 4.39 Å². The Balaban J connectivity index is 1.74. The first-order chi connectivity index (χ1) is 11.9. The second-order valence-corrected chi connectivity index (χ2v) is 7.39. The fourth-order valence-corrected chi connectivity index (χ4v) is 3.51. The van der Waals surface area contributed by atoms with Gasteiger partial charge in [-0.2, -0.15) is 0 Å². The van der Waals surface area contributed by atoms with Gasteiger partial charge in [-0.25, -0.2) is 9.37 Å². The number of carbonyl (C=O) groups is 1. The quantitative estimate of drug-likeness (QED) is 0.686. The van der Waals surface area contributed by atoms with E-state index >= 15 is 0 Å². The molecule has 2 aromatic carbocycles. The Labute approximate surface area is 154 Å². The lowest BCUT2D eigenvalue weighted by Gasteiger charge is -2.06. The summed E-state index contributed by atoms with van der Waals surface area (Å²) in [5.41, 5.74) is 2.94. The average molecular weight is 375 g/mol.